The van der Waals surface area contributed by atoms with Crippen molar-refractivity contribution < 1.29 is 15.0 Å². The molecule has 4 nitrogen and oxygen atoms in total. The molecule has 0 heterocycles. The van der Waals surface area contributed by atoms with E-state index in [0.717, 1.165) is 24.0 Å². The van der Waals surface area contributed by atoms with Gasteiger partial charge in [-0.3, -0.25) is 4.79 Å². The maximum Gasteiger partial charge on any atom is 0.307 e. The molecule has 0 aliphatic carbocycles. The Balaban J connectivity index is 2.60. The van der Waals surface area contributed by atoms with Crippen LogP contribution in [0.2, 0.25) is 0 Å². The lowest BCUT2D eigenvalue weighted by molar-refractivity contribution is -0.136. The molecule has 4 heteroatoms. The number of aliphatic carboxylic acids is 1. The molecule has 0 spiro atoms. The van der Waals surface area contributed by atoms with Crippen LogP contribution in [0.3, 0.4) is 0 Å². The van der Waals surface area contributed by atoms with Gasteiger partial charge in [-0.25, -0.2) is 0 Å². The normalized spacial score (nSPS) is 11.5. The van der Waals surface area contributed by atoms with E-state index in [2.05, 4.69) is 19.2 Å². The summed E-state index contributed by atoms with van der Waals surface area (Å²) < 4.78 is 0. The van der Waals surface area contributed by atoms with Gasteiger partial charge in [0.15, 0.2) is 0 Å². The fourth-order valence-electron chi connectivity index (χ4n) is 2.02. The summed E-state index contributed by atoms with van der Waals surface area (Å²) in [6.07, 6.45) is 1.80. The van der Waals surface area contributed by atoms with Crippen molar-refractivity contribution in [2.24, 2.45) is 0 Å². The SMILES string of the molecule is CCC(CC)(CO)NCc1ccc(CC(=O)O)cc1. The minimum atomic E-state index is -0.817. The molecule has 1 rings (SSSR count). The first-order chi connectivity index (χ1) is 9.05. The summed E-state index contributed by atoms with van der Waals surface area (Å²) in [4.78, 5) is 10.6. The lowest BCUT2D eigenvalue weighted by Gasteiger charge is -2.31. The molecule has 0 saturated heterocycles. The van der Waals surface area contributed by atoms with Crippen LogP contribution in [0.5, 0.6) is 0 Å². The summed E-state index contributed by atoms with van der Waals surface area (Å²) in [7, 11) is 0. The van der Waals surface area contributed by atoms with E-state index in [4.69, 9.17) is 5.11 Å². The second-order valence-corrected chi connectivity index (χ2v) is 4.89. The quantitative estimate of drug-likeness (QED) is 0.672. The zero-order chi connectivity index (χ0) is 14.3. The van der Waals surface area contributed by atoms with Crippen molar-refractivity contribution >= 4 is 5.97 Å². The van der Waals surface area contributed by atoms with E-state index in [1.54, 1.807) is 0 Å². The highest BCUT2D eigenvalue weighted by atomic mass is 16.4. The third-order valence-corrected chi connectivity index (χ3v) is 3.70. The lowest BCUT2D eigenvalue weighted by atomic mass is 9.93. The standard InChI is InChI=1S/C15H23NO3/c1-3-15(4-2,11-17)16-10-13-7-5-12(6-8-13)9-14(18)19/h5-8,16-17H,3-4,9-11H2,1-2H3,(H,18,19). The molecule has 0 aliphatic heterocycles. The Hall–Kier alpha value is -1.39. The number of benzene rings is 1. The molecule has 0 fully saturated rings. The minimum Gasteiger partial charge on any atom is -0.481 e. The van der Waals surface area contributed by atoms with Crippen LogP contribution in [0.4, 0.5) is 0 Å². The predicted octanol–water partition coefficient (Wildman–Crippen LogP) is 1.95. The van der Waals surface area contributed by atoms with Gasteiger partial charge >= 0.3 is 5.97 Å². The van der Waals surface area contributed by atoms with Crippen molar-refractivity contribution in [3.05, 3.63) is 35.4 Å². The predicted molar refractivity (Wildman–Crippen MR) is 75.0 cm³/mol. The Morgan fingerprint density at radius 1 is 1.16 bits per heavy atom. The Bertz CT molecular complexity index is 388. The van der Waals surface area contributed by atoms with E-state index >= 15 is 0 Å². The van der Waals surface area contributed by atoms with Crippen molar-refractivity contribution in [1.82, 2.24) is 5.32 Å². The number of hydrogen-bond donors (Lipinski definition) is 3. The van der Waals surface area contributed by atoms with Crippen molar-refractivity contribution in [3.8, 4) is 0 Å². The summed E-state index contributed by atoms with van der Waals surface area (Å²) >= 11 is 0. The second-order valence-electron chi connectivity index (χ2n) is 4.89. The molecule has 3 N–H and O–H groups in total. The third-order valence-electron chi connectivity index (χ3n) is 3.70. The summed E-state index contributed by atoms with van der Waals surface area (Å²) in [5.74, 6) is -0.817. The van der Waals surface area contributed by atoms with Crippen LogP contribution in [-0.2, 0) is 17.8 Å². The summed E-state index contributed by atoms with van der Waals surface area (Å²) in [6.45, 7) is 4.91. The lowest BCUT2D eigenvalue weighted by Crippen LogP contribution is -2.47. The van der Waals surface area contributed by atoms with E-state index in [9.17, 15) is 9.90 Å². The molecule has 0 amide bonds. The molecule has 0 radical (unpaired) electrons. The maximum absolute atomic E-state index is 10.6. The second kappa shape index (κ2) is 7.26. The monoisotopic (exact) mass is 265 g/mol. The van der Waals surface area contributed by atoms with Crippen LogP contribution >= 0.6 is 0 Å². The molecule has 0 unspecified atom stereocenters. The number of aliphatic hydroxyl groups excluding tert-OH is 1. The zero-order valence-corrected chi connectivity index (χ0v) is 11.6. The smallest absolute Gasteiger partial charge is 0.307 e. The van der Waals surface area contributed by atoms with Crippen LogP contribution < -0.4 is 5.32 Å². The van der Waals surface area contributed by atoms with E-state index in [1.807, 2.05) is 24.3 Å². The maximum atomic E-state index is 10.6. The topological polar surface area (TPSA) is 69.6 Å². The molecule has 0 saturated carbocycles. The molecule has 1 aromatic carbocycles. The molecule has 19 heavy (non-hydrogen) atoms. The van der Waals surface area contributed by atoms with Crippen molar-refractivity contribution in [3.63, 3.8) is 0 Å². The van der Waals surface area contributed by atoms with Gasteiger partial charge in [0, 0.05) is 12.1 Å². The van der Waals surface area contributed by atoms with Crippen LogP contribution in [0.1, 0.15) is 37.8 Å². The molecule has 106 valence electrons. The van der Waals surface area contributed by atoms with Gasteiger partial charge in [0.25, 0.3) is 0 Å². The van der Waals surface area contributed by atoms with Gasteiger partial charge in [-0.2, -0.15) is 0 Å². The molecule has 0 aliphatic rings. The number of rotatable bonds is 8. The van der Waals surface area contributed by atoms with Gasteiger partial charge in [-0.15, -0.1) is 0 Å². The van der Waals surface area contributed by atoms with Gasteiger partial charge in [0.05, 0.1) is 13.0 Å². The van der Waals surface area contributed by atoms with Crippen molar-refractivity contribution in [1.29, 1.82) is 0 Å². The Morgan fingerprint density at radius 3 is 2.11 bits per heavy atom. The first kappa shape index (κ1) is 15.7. The molecule has 0 bridgehead atoms. The number of hydrogen-bond acceptors (Lipinski definition) is 3. The number of carboxylic acid groups (broad SMARTS) is 1. The fraction of sp³-hybridized carbons (Fsp3) is 0.533. The Morgan fingerprint density at radius 2 is 1.68 bits per heavy atom. The number of carbonyl (C=O) groups is 1. The highest BCUT2D eigenvalue weighted by Gasteiger charge is 2.23. The third kappa shape index (κ3) is 4.65. The number of nitrogens with one attached hydrogen (secondary N) is 1. The van der Waals surface area contributed by atoms with Crippen LogP contribution in [0.25, 0.3) is 0 Å². The molecule has 0 aromatic heterocycles. The fourth-order valence-corrected chi connectivity index (χ4v) is 2.02. The van der Waals surface area contributed by atoms with Gasteiger partial charge in [-0.05, 0) is 24.0 Å². The van der Waals surface area contributed by atoms with E-state index in [-0.39, 0.29) is 18.6 Å². The average Bonchev–Trinajstić information content (AvgIpc) is 2.42. The average molecular weight is 265 g/mol. The van der Waals surface area contributed by atoms with E-state index in [0.29, 0.717) is 6.54 Å². The zero-order valence-electron chi connectivity index (χ0n) is 11.6. The van der Waals surface area contributed by atoms with E-state index < -0.39 is 5.97 Å². The van der Waals surface area contributed by atoms with Gasteiger partial charge in [0.2, 0.25) is 0 Å². The first-order valence-corrected chi connectivity index (χ1v) is 6.70. The number of aliphatic hydroxyl groups is 1. The van der Waals surface area contributed by atoms with Gasteiger partial charge < -0.3 is 15.5 Å². The molecule has 0 atom stereocenters. The first-order valence-electron chi connectivity index (χ1n) is 6.70. The largest absolute Gasteiger partial charge is 0.481 e. The molecular formula is C15H23NO3. The van der Waals surface area contributed by atoms with E-state index in [1.165, 1.54) is 0 Å². The van der Waals surface area contributed by atoms with Crippen molar-refractivity contribution in [2.75, 3.05) is 6.61 Å². The highest BCUT2D eigenvalue weighted by molar-refractivity contribution is 5.70. The summed E-state index contributed by atoms with van der Waals surface area (Å²) in [5, 5.41) is 21.6. The summed E-state index contributed by atoms with van der Waals surface area (Å²) in [6, 6.07) is 7.53. The summed E-state index contributed by atoms with van der Waals surface area (Å²) in [5.41, 5.74) is 1.67. The van der Waals surface area contributed by atoms with Crippen molar-refractivity contribution in [2.45, 2.75) is 45.2 Å². The Kier molecular flexibility index (Phi) is 5.99. The van der Waals surface area contributed by atoms with Crippen LogP contribution in [0, 0.1) is 0 Å². The van der Waals surface area contributed by atoms with Crippen LogP contribution in [-0.4, -0.2) is 28.3 Å². The molecular weight excluding hydrogens is 242 g/mol. The Labute approximate surface area is 114 Å². The highest BCUT2D eigenvalue weighted by Crippen LogP contribution is 2.15. The van der Waals surface area contributed by atoms with Crippen LogP contribution in [0.15, 0.2) is 24.3 Å². The molecule has 1 aromatic rings. The van der Waals surface area contributed by atoms with Gasteiger partial charge in [0.1, 0.15) is 0 Å². The number of carboxylic acids is 1. The van der Waals surface area contributed by atoms with Gasteiger partial charge in [-0.1, -0.05) is 38.1 Å². The minimum absolute atomic E-state index is 0.0538.